The van der Waals surface area contributed by atoms with Crippen LogP contribution in [0.5, 0.6) is 0 Å². The molecule has 1 aliphatic carbocycles. The molecule has 0 saturated heterocycles. The number of nitrogens with zero attached hydrogens (tertiary/aromatic N) is 1. The highest BCUT2D eigenvalue weighted by Gasteiger charge is 2.17. The van der Waals surface area contributed by atoms with Gasteiger partial charge in [-0.25, -0.2) is 0 Å². The number of nitrogens with one attached hydrogen (secondary N) is 1. The van der Waals surface area contributed by atoms with Gasteiger partial charge in [0.2, 0.25) is 0 Å². The first-order valence-corrected chi connectivity index (χ1v) is 7.75. The maximum atomic E-state index is 5.78. The summed E-state index contributed by atoms with van der Waals surface area (Å²) in [5.74, 6) is 0. The van der Waals surface area contributed by atoms with E-state index in [1.54, 1.807) is 0 Å². The van der Waals surface area contributed by atoms with Crippen LogP contribution >= 0.6 is 0 Å². The molecule has 0 aliphatic heterocycles. The van der Waals surface area contributed by atoms with E-state index in [0.29, 0.717) is 12.6 Å². The summed E-state index contributed by atoms with van der Waals surface area (Å²) >= 11 is 0. The van der Waals surface area contributed by atoms with Crippen LogP contribution < -0.4 is 11.1 Å². The lowest BCUT2D eigenvalue weighted by Crippen LogP contribution is -2.34. The summed E-state index contributed by atoms with van der Waals surface area (Å²) in [5.41, 5.74) is 9.70. The predicted molar refractivity (Wildman–Crippen MR) is 84.7 cm³/mol. The van der Waals surface area contributed by atoms with Crippen molar-refractivity contribution < 1.29 is 0 Å². The molecule has 1 aromatic heterocycles. The number of hydrogen-bond donors (Lipinski definition) is 2. The summed E-state index contributed by atoms with van der Waals surface area (Å²) in [4.78, 5) is 0. The van der Waals surface area contributed by atoms with Gasteiger partial charge in [-0.05, 0) is 43.9 Å². The van der Waals surface area contributed by atoms with E-state index >= 15 is 0 Å². The Kier molecular flexibility index (Phi) is 3.81. The molecule has 3 heteroatoms. The number of fused-ring (bicyclic) bond motifs is 1. The molecule has 1 fully saturated rings. The first-order valence-electron chi connectivity index (χ1n) is 7.75. The van der Waals surface area contributed by atoms with Crippen molar-refractivity contribution in [3.63, 3.8) is 0 Å². The van der Waals surface area contributed by atoms with Gasteiger partial charge < -0.3 is 15.6 Å². The van der Waals surface area contributed by atoms with Crippen molar-refractivity contribution in [2.75, 3.05) is 0 Å². The smallest absolute Gasteiger partial charge is 0.0489 e. The molecule has 1 aromatic carbocycles. The minimum Gasteiger partial charge on any atom is -0.345 e. The molecule has 0 spiro atoms. The molecule has 20 heavy (non-hydrogen) atoms. The second-order valence-electron chi connectivity index (χ2n) is 6.22. The minimum atomic E-state index is 0.475. The van der Waals surface area contributed by atoms with Crippen molar-refractivity contribution in [1.82, 2.24) is 9.88 Å². The van der Waals surface area contributed by atoms with E-state index in [1.807, 2.05) is 0 Å². The first-order chi connectivity index (χ1) is 9.69. The number of hydrogen-bond acceptors (Lipinski definition) is 2. The quantitative estimate of drug-likeness (QED) is 0.876. The molecule has 0 atom stereocenters. The van der Waals surface area contributed by atoms with Gasteiger partial charge in [0.05, 0.1) is 0 Å². The summed E-state index contributed by atoms with van der Waals surface area (Å²) in [7, 11) is 0. The molecule has 0 amide bonds. The zero-order valence-corrected chi connectivity index (χ0v) is 12.5. The molecular formula is C17H25N3. The number of aromatic nitrogens is 1. The van der Waals surface area contributed by atoms with Crippen molar-refractivity contribution in [1.29, 1.82) is 0 Å². The van der Waals surface area contributed by atoms with Crippen LogP contribution in [0, 0.1) is 0 Å². The van der Waals surface area contributed by atoms with Crippen LogP contribution in [0.3, 0.4) is 0 Å². The largest absolute Gasteiger partial charge is 0.345 e. The molecule has 108 valence electrons. The molecule has 3 N–H and O–H groups in total. The molecule has 0 unspecified atom stereocenters. The SMILES string of the molecule is CC(C)n1cc(CNC2CCC2)c2ccc(CN)cc21. The van der Waals surface area contributed by atoms with Gasteiger partial charge in [0, 0.05) is 42.3 Å². The number of nitrogens with two attached hydrogens (primary N) is 1. The summed E-state index contributed by atoms with van der Waals surface area (Å²) in [5, 5.41) is 5.03. The van der Waals surface area contributed by atoms with E-state index in [9.17, 15) is 0 Å². The molecule has 3 rings (SSSR count). The zero-order chi connectivity index (χ0) is 14.1. The van der Waals surface area contributed by atoms with Gasteiger partial charge in [-0.2, -0.15) is 0 Å². The normalized spacial score (nSPS) is 16.0. The Bertz CT molecular complexity index is 594. The van der Waals surface area contributed by atoms with Crippen molar-refractivity contribution in [3.05, 3.63) is 35.5 Å². The van der Waals surface area contributed by atoms with Crippen LogP contribution in [0.15, 0.2) is 24.4 Å². The molecule has 2 aromatic rings. The average Bonchev–Trinajstić information content (AvgIpc) is 2.75. The Labute approximate surface area is 121 Å². The maximum absolute atomic E-state index is 5.78. The fraction of sp³-hybridized carbons (Fsp3) is 0.529. The number of benzene rings is 1. The van der Waals surface area contributed by atoms with Crippen LogP contribution in [0.2, 0.25) is 0 Å². The Hall–Kier alpha value is -1.32. The maximum Gasteiger partial charge on any atom is 0.0489 e. The second-order valence-corrected chi connectivity index (χ2v) is 6.22. The average molecular weight is 271 g/mol. The lowest BCUT2D eigenvalue weighted by atomic mass is 9.93. The third-order valence-electron chi connectivity index (χ3n) is 4.46. The Morgan fingerprint density at radius 1 is 1.35 bits per heavy atom. The molecule has 1 aliphatic rings. The van der Waals surface area contributed by atoms with Gasteiger partial charge in [0.15, 0.2) is 0 Å². The van der Waals surface area contributed by atoms with Gasteiger partial charge in [0.25, 0.3) is 0 Å². The van der Waals surface area contributed by atoms with E-state index in [4.69, 9.17) is 5.73 Å². The van der Waals surface area contributed by atoms with E-state index < -0.39 is 0 Å². The van der Waals surface area contributed by atoms with E-state index in [-0.39, 0.29) is 0 Å². The third kappa shape index (κ3) is 2.48. The Morgan fingerprint density at radius 2 is 2.15 bits per heavy atom. The molecule has 0 bridgehead atoms. The van der Waals surface area contributed by atoms with E-state index in [0.717, 1.165) is 12.6 Å². The van der Waals surface area contributed by atoms with Crippen molar-refractivity contribution in [2.24, 2.45) is 5.73 Å². The summed E-state index contributed by atoms with van der Waals surface area (Å²) in [6.45, 7) is 6.05. The van der Waals surface area contributed by atoms with Gasteiger partial charge in [-0.3, -0.25) is 0 Å². The highest BCUT2D eigenvalue weighted by Crippen LogP contribution is 2.27. The molecular weight excluding hydrogens is 246 g/mol. The standard InChI is InChI=1S/C17H25N3/c1-12(2)20-11-14(10-19-15-4-3-5-15)16-7-6-13(9-18)8-17(16)20/h6-8,11-12,15,19H,3-5,9-10,18H2,1-2H3. The van der Waals surface area contributed by atoms with Crippen LogP contribution in [-0.2, 0) is 13.1 Å². The summed E-state index contributed by atoms with van der Waals surface area (Å²) in [6, 6.07) is 7.83. The summed E-state index contributed by atoms with van der Waals surface area (Å²) < 4.78 is 2.37. The summed E-state index contributed by atoms with van der Waals surface area (Å²) in [6.07, 6.45) is 6.35. The highest BCUT2D eigenvalue weighted by molar-refractivity contribution is 5.84. The highest BCUT2D eigenvalue weighted by atomic mass is 15.0. The van der Waals surface area contributed by atoms with Gasteiger partial charge in [-0.15, -0.1) is 0 Å². The van der Waals surface area contributed by atoms with Crippen molar-refractivity contribution in [3.8, 4) is 0 Å². The second kappa shape index (κ2) is 5.58. The van der Waals surface area contributed by atoms with Gasteiger partial charge in [0.1, 0.15) is 0 Å². The van der Waals surface area contributed by atoms with Crippen LogP contribution in [0.4, 0.5) is 0 Å². The van der Waals surface area contributed by atoms with E-state index in [2.05, 4.69) is 48.1 Å². The van der Waals surface area contributed by atoms with Crippen molar-refractivity contribution in [2.45, 2.75) is 58.3 Å². The predicted octanol–water partition coefficient (Wildman–Crippen LogP) is 3.32. The fourth-order valence-corrected chi connectivity index (χ4v) is 2.93. The Balaban J connectivity index is 1.94. The van der Waals surface area contributed by atoms with Crippen LogP contribution in [-0.4, -0.2) is 10.6 Å². The molecule has 3 nitrogen and oxygen atoms in total. The topological polar surface area (TPSA) is 43.0 Å². The monoisotopic (exact) mass is 271 g/mol. The fourth-order valence-electron chi connectivity index (χ4n) is 2.93. The van der Waals surface area contributed by atoms with Gasteiger partial charge >= 0.3 is 0 Å². The lowest BCUT2D eigenvalue weighted by molar-refractivity contribution is 0.338. The number of rotatable bonds is 5. The van der Waals surface area contributed by atoms with Crippen LogP contribution in [0.25, 0.3) is 10.9 Å². The minimum absolute atomic E-state index is 0.475. The first kappa shape index (κ1) is 13.7. The zero-order valence-electron chi connectivity index (χ0n) is 12.5. The van der Waals surface area contributed by atoms with Crippen molar-refractivity contribution >= 4 is 10.9 Å². The van der Waals surface area contributed by atoms with Gasteiger partial charge in [-0.1, -0.05) is 18.6 Å². The molecule has 0 radical (unpaired) electrons. The lowest BCUT2D eigenvalue weighted by Gasteiger charge is -2.26. The molecule has 1 heterocycles. The van der Waals surface area contributed by atoms with E-state index in [1.165, 1.54) is 41.3 Å². The Morgan fingerprint density at radius 3 is 2.75 bits per heavy atom. The third-order valence-corrected chi connectivity index (χ3v) is 4.46. The van der Waals surface area contributed by atoms with Crippen LogP contribution in [0.1, 0.15) is 50.3 Å². The molecule has 1 saturated carbocycles.